The highest BCUT2D eigenvalue weighted by Gasteiger charge is 2.23. The molecule has 252 valence electrons. The van der Waals surface area contributed by atoms with E-state index in [1.165, 1.54) is 11.8 Å². The summed E-state index contributed by atoms with van der Waals surface area (Å²) >= 11 is 1.36. The average Bonchev–Trinajstić information content (AvgIpc) is 3.16. The molecule has 51 heavy (non-hydrogen) atoms. The van der Waals surface area contributed by atoms with Crippen molar-refractivity contribution >= 4 is 46.9 Å². The minimum Gasteiger partial charge on any atom is -0.457 e. The monoisotopic (exact) mass is 689 g/mol. The van der Waals surface area contributed by atoms with E-state index in [0.29, 0.717) is 22.7 Å². The van der Waals surface area contributed by atoms with E-state index >= 15 is 0 Å². The highest BCUT2D eigenvalue weighted by atomic mass is 32.2. The number of hydrogen-bond donors (Lipinski definition) is 3. The van der Waals surface area contributed by atoms with E-state index in [4.69, 9.17) is 4.74 Å². The van der Waals surface area contributed by atoms with Crippen molar-refractivity contribution in [3.63, 3.8) is 0 Å². The smallest absolute Gasteiger partial charge is 0.272 e. The summed E-state index contributed by atoms with van der Waals surface area (Å²) in [5, 5.41) is 8.15. The van der Waals surface area contributed by atoms with Gasteiger partial charge in [0, 0.05) is 21.8 Å². The molecule has 0 radical (unpaired) electrons. The maximum Gasteiger partial charge on any atom is 0.272 e. The van der Waals surface area contributed by atoms with Crippen molar-refractivity contribution in [1.29, 1.82) is 0 Å². The molecule has 6 aromatic rings. The van der Waals surface area contributed by atoms with Crippen molar-refractivity contribution in [2.75, 3.05) is 10.6 Å². The average molecular weight is 690 g/mol. The highest BCUT2D eigenvalue weighted by Crippen LogP contribution is 2.37. The SMILES string of the molecule is Cc1ccc(/C=C(\NC(=O)c2ccccc2)C(=O)Nc2cccc(SC(C(=O)Nc3ccc(Oc4ccccc4)cc3)c3ccccc3)c2)cc1. The number of hydrogen-bond acceptors (Lipinski definition) is 5. The lowest BCUT2D eigenvalue weighted by Gasteiger charge is -2.18. The van der Waals surface area contributed by atoms with Crippen LogP contribution in [-0.2, 0) is 9.59 Å². The summed E-state index contributed by atoms with van der Waals surface area (Å²) in [7, 11) is 0. The number of nitrogens with one attached hydrogen (secondary N) is 3. The highest BCUT2D eigenvalue weighted by molar-refractivity contribution is 8.00. The first-order valence-corrected chi connectivity index (χ1v) is 17.2. The second-order valence-corrected chi connectivity index (χ2v) is 12.8. The maximum atomic E-state index is 13.8. The maximum absolute atomic E-state index is 13.8. The molecule has 0 saturated heterocycles. The number of carbonyl (C=O) groups excluding carboxylic acids is 3. The number of aryl methyl sites for hydroxylation is 1. The Balaban J connectivity index is 1.18. The van der Waals surface area contributed by atoms with E-state index in [1.807, 2.05) is 128 Å². The summed E-state index contributed by atoms with van der Waals surface area (Å²) in [4.78, 5) is 41.3. The molecular formula is C43H35N3O4S. The molecule has 0 saturated carbocycles. The quantitative estimate of drug-likeness (QED) is 0.0879. The molecule has 0 aliphatic rings. The topological polar surface area (TPSA) is 96.5 Å². The molecule has 7 nitrogen and oxygen atoms in total. The van der Waals surface area contributed by atoms with Crippen LogP contribution in [0.5, 0.6) is 11.5 Å². The fourth-order valence-electron chi connectivity index (χ4n) is 5.09. The number of ether oxygens (including phenoxy) is 1. The molecule has 0 bridgehead atoms. The number of benzene rings is 6. The summed E-state index contributed by atoms with van der Waals surface area (Å²) in [5.41, 5.74) is 4.33. The Labute approximate surface area is 301 Å². The Hall–Kier alpha value is -6.38. The zero-order valence-corrected chi connectivity index (χ0v) is 28.6. The van der Waals surface area contributed by atoms with Crippen LogP contribution in [0.15, 0.2) is 174 Å². The first-order valence-electron chi connectivity index (χ1n) is 16.3. The van der Waals surface area contributed by atoms with Crippen molar-refractivity contribution < 1.29 is 19.1 Å². The summed E-state index contributed by atoms with van der Waals surface area (Å²) in [6.45, 7) is 1.98. The zero-order chi connectivity index (χ0) is 35.4. The van der Waals surface area contributed by atoms with Crippen LogP contribution in [0.3, 0.4) is 0 Å². The van der Waals surface area contributed by atoms with Crippen molar-refractivity contribution in [2.24, 2.45) is 0 Å². The fourth-order valence-corrected chi connectivity index (χ4v) is 6.18. The third-order valence-corrected chi connectivity index (χ3v) is 8.95. The number of thioether (sulfide) groups is 1. The van der Waals surface area contributed by atoms with Crippen molar-refractivity contribution in [2.45, 2.75) is 17.1 Å². The Kier molecular flexibility index (Phi) is 11.4. The van der Waals surface area contributed by atoms with Gasteiger partial charge in [0.2, 0.25) is 5.91 Å². The minimum atomic E-state index is -0.598. The van der Waals surface area contributed by atoms with Crippen LogP contribution in [0.2, 0.25) is 0 Å². The largest absolute Gasteiger partial charge is 0.457 e. The van der Waals surface area contributed by atoms with Gasteiger partial charge in [0.25, 0.3) is 11.8 Å². The van der Waals surface area contributed by atoms with Crippen LogP contribution in [0.4, 0.5) is 11.4 Å². The van der Waals surface area contributed by atoms with E-state index in [2.05, 4.69) is 16.0 Å². The molecule has 6 aromatic carbocycles. The molecule has 0 aromatic heterocycles. The number of carbonyl (C=O) groups is 3. The molecular weight excluding hydrogens is 655 g/mol. The van der Waals surface area contributed by atoms with Crippen LogP contribution < -0.4 is 20.7 Å². The van der Waals surface area contributed by atoms with Crippen molar-refractivity contribution in [3.8, 4) is 11.5 Å². The Bertz CT molecular complexity index is 2120. The van der Waals surface area contributed by atoms with Crippen LogP contribution >= 0.6 is 11.8 Å². The van der Waals surface area contributed by atoms with Gasteiger partial charge in [-0.25, -0.2) is 0 Å². The molecule has 1 atom stereocenters. The summed E-state index contributed by atoms with van der Waals surface area (Å²) < 4.78 is 5.89. The first-order chi connectivity index (χ1) is 24.9. The van der Waals surface area contributed by atoms with Crippen LogP contribution in [-0.4, -0.2) is 17.7 Å². The van der Waals surface area contributed by atoms with Gasteiger partial charge in [0.05, 0.1) is 0 Å². The summed E-state index contributed by atoms with van der Waals surface area (Å²) in [6.07, 6.45) is 1.64. The summed E-state index contributed by atoms with van der Waals surface area (Å²) in [6, 6.07) is 49.9. The first kappa shape index (κ1) is 34.5. The fraction of sp³-hybridized carbons (Fsp3) is 0.0465. The molecule has 0 spiro atoms. The second-order valence-electron chi connectivity index (χ2n) is 11.6. The molecule has 6 rings (SSSR count). The van der Waals surface area contributed by atoms with Gasteiger partial charge in [-0.1, -0.05) is 103 Å². The third-order valence-electron chi connectivity index (χ3n) is 7.70. The van der Waals surface area contributed by atoms with Gasteiger partial charge in [-0.15, -0.1) is 11.8 Å². The molecule has 0 aliphatic carbocycles. The minimum absolute atomic E-state index is 0.0903. The lowest BCUT2D eigenvalue weighted by molar-refractivity contribution is -0.116. The predicted molar refractivity (Wildman–Crippen MR) is 205 cm³/mol. The third kappa shape index (κ3) is 9.84. The second kappa shape index (κ2) is 16.8. The Morgan fingerprint density at radius 3 is 1.94 bits per heavy atom. The molecule has 3 N–H and O–H groups in total. The molecule has 8 heteroatoms. The van der Waals surface area contributed by atoms with Gasteiger partial charge >= 0.3 is 0 Å². The van der Waals surface area contributed by atoms with E-state index in [9.17, 15) is 14.4 Å². The number of rotatable bonds is 12. The molecule has 3 amide bonds. The normalized spacial score (nSPS) is 11.6. The predicted octanol–water partition coefficient (Wildman–Crippen LogP) is 9.67. The van der Waals surface area contributed by atoms with Crippen LogP contribution in [0.25, 0.3) is 6.08 Å². The zero-order valence-electron chi connectivity index (χ0n) is 27.8. The number of para-hydroxylation sites is 1. The van der Waals surface area contributed by atoms with Crippen LogP contribution in [0.1, 0.15) is 32.3 Å². The van der Waals surface area contributed by atoms with Gasteiger partial charge < -0.3 is 20.7 Å². The van der Waals surface area contributed by atoms with Crippen molar-refractivity contribution in [3.05, 3.63) is 192 Å². The number of anilines is 2. The molecule has 0 fully saturated rings. The van der Waals surface area contributed by atoms with Gasteiger partial charge in [-0.2, -0.15) is 0 Å². The van der Waals surface area contributed by atoms with Crippen molar-refractivity contribution in [1.82, 2.24) is 5.32 Å². The molecule has 1 unspecified atom stereocenters. The summed E-state index contributed by atoms with van der Waals surface area (Å²) in [5.74, 6) is 0.291. The van der Waals surface area contributed by atoms with E-state index in [1.54, 1.807) is 48.5 Å². The Morgan fingerprint density at radius 1 is 0.627 bits per heavy atom. The van der Waals surface area contributed by atoms with Gasteiger partial charge in [0.15, 0.2) is 0 Å². The van der Waals surface area contributed by atoms with Crippen LogP contribution in [0, 0.1) is 6.92 Å². The molecule has 0 heterocycles. The number of amides is 3. The van der Waals surface area contributed by atoms with Gasteiger partial charge in [-0.3, -0.25) is 14.4 Å². The van der Waals surface area contributed by atoms with E-state index in [-0.39, 0.29) is 11.6 Å². The lowest BCUT2D eigenvalue weighted by atomic mass is 10.1. The van der Waals surface area contributed by atoms with E-state index < -0.39 is 17.1 Å². The standard InChI is InChI=1S/C43H35N3O4S/c1-30-20-22-31(23-21-30)28-39(46-41(47)33-14-7-3-8-15-33)42(48)45-35-16-11-19-38(29-35)51-40(32-12-5-2-6-13-32)43(49)44-34-24-26-37(27-25-34)50-36-17-9-4-10-18-36/h2-29,40H,1H3,(H,44,49)(H,45,48)(H,46,47)/b39-28-. The molecule has 0 aliphatic heterocycles. The lowest BCUT2D eigenvalue weighted by Crippen LogP contribution is -2.30. The van der Waals surface area contributed by atoms with Gasteiger partial charge in [-0.05, 0) is 90.9 Å². The Morgan fingerprint density at radius 2 is 1.25 bits per heavy atom. The van der Waals surface area contributed by atoms with E-state index in [0.717, 1.165) is 27.3 Å². The van der Waals surface area contributed by atoms with Gasteiger partial charge in [0.1, 0.15) is 22.4 Å².